The number of ether oxygens (including phenoxy) is 1. The van der Waals surface area contributed by atoms with Crippen molar-refractivity contribution in [2.75, 3.05) is 18.6 Å². The van der Waals surface area contributed by atoms with Crippen LogP contribution in [-0.4, -0.2) is 19.6 Å². The molecule has 1 unspecified atom stereocenters. The number of amides is 1. The van der Waals surface area contributed by atoms with E-state index in [1.54, 1.807) is 12.0 Å². The van der Waals surface area contributed by atoms with E-state index in [4.69, 9.17) is 16.3 Å². The lowest BCUT2D eigenvalue weighted by molar-refractivity contribution is 0.0866. The largest absolute Gasteiger partial charge is 0.377 e. The van der Waals surface area contributed by atoms with Crippen LogP contribution in [0, 0.1) is 5.82 Å². The lowest BCUT2D eigenvalue weighted by Gasteiger charge is -2.33. The third-order valence-corrected chi connectivity index (χ3v) is 4.21. The van der Waals surface area contributed by atoms with Crippen LogP contribution in [0.4, 0.5) is 10.1 Å². The van der Waals surface area contributed by atoms with Crippen molar-refractivity contribution in [2.45, 2.75) is 12.5 Å². The van der Waals surface area contributed by atoms with Crippen molar-refractivity contribution in [3.05, 3.63) is 64.4 Å². The summed E-state index contributed by atoms with van der Waals surface area (Å²) >= 11 is 6.01. The second-order valence-corrected chi connectivity index (χ2v) is 5.53. The third-order valence-electron chi connectivity index (χ3n) is 3.90. The molecule has 2 aromatic carbocycles. The van der Waals surface area contributed by atoms with Gasteiger partial charge in [0.25, 0.3) is 5.91 Å². The minimum absolute atomic E-state index is 0.0589. The molecule has 0 N–H and O–H groups in total. The normalized spacial score (nSPS) is 17.2. The summed E-state index contributed by atoms with van der Waals surface area (Å²) in [7, 11) is 1.65. The molecule has 2 aromatic rings. The third kappa shape index (κ3) is 2.49. The van der Waals surface area contributed by atoms with Gasteiger partial charge in [0.15, 0.2) is 0 Å². The molecule has 0 bridgehead atoms. The van der Waals surface area contributed by atoms with Crippen molar-refractivity contribution in [2.24, 2.45) is 0 Å². The van der Waals surface area contributed by atoms with E-state index >= 15 is 0 Å². The number of benzene rings is 2. The molecule has 0 saturated carbocycles. The maximum Gasteiger partial charge on any atom is 0.262 e. The summed E-state index contributed by atoms with van der Waals surface area (Å²) in [6.45, 7) is 0.457. The molecule has 22 heavy (non-hydrogen) atoms. The first-order valence-electron chi connectivity index (χ1n) is 7.01. The Morgan fingerprint density at radius 1 is 1.27 bits per heavy atom. The molecule has 1 atom stereocenters. The van der Waals surface area contributed by atoms with Crippen molar-refractivity contribution in [3.8, 4) is 0 Å². The average Bonchev–Trinajstić information content (AvgIpc) is 2.53. The zero-order chi connectivity index (χ0) is 15.7. The fraction of sp³-hybridized carbons (Fsp3) is 0.235. The van der Waals surface area contributed by atoms with Gasteiger partial charge < -0.3 is 9.64 Å². The first-order chi connectivity index (χ1) is 10.6. The summed E-state index contributed by atoms with van der Waals surface area (Å²) in [5, 5.41) is 0.122. The number of fused-ring (bicyclic) bond motifs is 1. The highest BCUT2D eigenvalue weighted by Crippen LogP contribution is 2.37. The Balaban J connectivity index is 2.04. The van der Waals surface area contributed by atoms with Crippen molar-refractivity contribution < 1.29 is 13.9 Å². The minimum atomic E-state index is -0.608. The van der Waals surface area contributed by atoms with Gasteiger partial charge in [-0.05, 0) is 24.6 Å². The Morgan fingerprint density at radius 2 is 2.05 bits per heavy atom. The Morgan fingerprint density at radius 3 is 2.77 bits per heavy atom. The highest BCUT2D eigenvalue weighted by Gasteiger charge is 2.31. The SMILES string of the molecule is COC1CCN(C(=O)c2c(F)cccc2Cl)c2ccccc21. The predicted molar refractivity (Wildman–Crippen MR) is 83.9 cm³/mol. The van der Waals surface area contributed by atoms with E-state index in [1.165, 1.54) is 18.2 Å². The van der Waals surface area contributed by atoms with Gasteiger partial charge in [0.2, 0.25) is 0 Å². The molecule has 0 aromatic heterocycles. The van der Waals surface area contributed by atoms with E-state index in [0.29, 0.717) is 13.0 Å². The summed E-state index contributed by atoms with van der Waals surface area (Å²) in [4.78, 5) is 14.3. The molecule has 114 valence electrons. The minimum Gasteiger partial charge on any atom is -0.377 e. The number of methoxy groups -OCH3 is 1. The fourth-order valence-corrected chi connectivity index (χ4v) is 3.06. The van der Waals surface area contributed by atoms with Crippen LogP contribution in [0.2, 0.25) is 5.02 Å². The number of nitrogens with zero attached hydrogens (tertiary/aromatic N) is 1. The summed E-state index contributed by atoms with van der Waals surface area (Å²) in [6.07, 6.45) is 0.599. The Hall–Kier alpha value is -1.91. The van der Waals surface area contributed by atoms with Gasteiger partial charge in [-0.25, -0.2) is 4.39 Å². The van der Waals surface area contributed by atoms with Gasteiger partial charge in [-0.2, -0.15) is 0 Å². The first-order valence-corrected chi connectivity index (χ1v) is 7.39. The maximum absolute atomic E-state index is 14.0. The zero-order valence-electron chi connectivity index (χ0n) is 12.1. The standard InChI is InChI=1S/C17H15ClFNO2/c1-22-15-9-10-20(14-8-3-2-5-11(14)15)17(21)16-12(18)6-4-7-13(16)19/h2-8,15H,9-10H2,1H3. The molecule has 0 fully saturated rings. The lowest BCUT2D eigenvalue weighted by Crippen LogP contribution is -2.37. The smallest absolute Gasteiger partial charge is 0.262 e. The number of para-hydroxylation sites is 1. The molecule has 0 radical (unpaired) electrons. The quantitative estimate of drug-likeness (QED) is 0.829. The number of carbonyl (C=O) groups is 1. The van der Waals surface area contributed by atoms with Crippen LogP contribution in [0.3, 0.4) is 0 Å². The number of rotatable bonds is 2. The molecule has 3 rings (SSSR count). The van der Waals surface area contributed by atoms with Gasteiger partial charge in [0.1, 0.15) is 5.82 Å². The van der Waals surface area contributed by atoms with Gasteiger partial charge in [-0.1, -0.05) is 35.9 Å². The number of hydrogen-bond acceptors (Lipinski definition) is 2. The summed E-state index contributed by atoms with van der Waals surface area (Å²) < 4.78 is 19.5. The molecule has 1 aliphatic heterocycles. The van der Waals surface area contributed by atoms with Gasteiger partial charge in [-0.3, -0.25) is 4.79 Å². The second-order valence-electron chi connectivity index (χ2n) is 5.13. The molecule has 3 nitrogen and oxygen atoms in total. The monoisotopic (exact) mass is 319 g/mol. The Bertz CT molecular complexity index is 699. The van der Waals surface area contributed by atoms with Crippen LogP contribution in [0.25, 0.3) is 0 Å². The topological polar surface area (TPSA) is 29.5 Å². The predicted octanol–water partition coefficient (Wildman–Crippen LogP) is 4.22. The van der Waals surface area contributed by atoms with E-state index in [1.807, 2.05) is 24.3 Å². The Kier molecular flexibility index (Phi) is 4.14. The maximum atomic E-state index is 14.0. The van der Waals surface area contributed by atoms with Crippen LogP contribution < -0.4 is 4.90 Å². The lowest BCUT2D eigenvalue weighted by atomic mass is 9.98. The van der Waals surface area contributed by atoms with Crippen LogP contribution in [-0.2, 0) is 4.74 Å². The van der Waals surface area contributed by atoms with Crippen molar-refractivity contribution in [3.63, 3.8) is 0 Å². The number of anilines is 1. The van der Waals surface area contributed by atoms with E-state index in [0.717, 1.165) is 11.3 Å². The first kappa shape index (κ1) is 15.0. The number of halogens is 2. The highest BCUT2D eigenvalue weighted by molar-refractivity contribution is 6.34. The summed E-state index contributed by atoms with van der Waals surface area (Å²) in [6, 6.07) is 11.8. The summed E-state index contributed by atoms with van der Waals surface area (Å²) in [5.74, 6) is -1.03. The molecule has 1 heterocycles. The highest BCUT2D eigenvalue weighted by atomic mass is 35.5. The zero-order valence-corrected chi connectivity index (χ0v) is 12.8. The van der Waals surface area contributed by atoms with Crippen LogP contribution in [0.15, 0.2) is 42.5 Å². The molecular weight excluding hydrogens is 305 g/mol. The second kappa shape index (κ2) is 6.07. The van der Waals surface area contributed by atoms with Crippen molar-refractivity contribution in [1.82, 2.24) is 0 Å². The van der Waals surface area contributed by atoms with Gasteiger partial charge in [0.05, 0.1) is 16.7 Å². The fourth-order valence-electron chi connectivity index (χ4n) is 2.82. The van der Waals surface area contributed by atoms with Crippen molar-refractivity contribution in [1.29, 1.82) is 0 Å². The van der Waals surface area contributed by atoms with E-state index in [-0.39, 0.29) is 16.7 Å². The van der Waals surface area contributed by atoms with Crippen LogP contribution in [0.1, 0.15) is 28.4 Å². The van der Waals surface area contributed by atoms with Crippen LogP contribution in [0.5, 0.6) is 0 Å². The van der Waals surface area contributed by atoms with Crippen LogP contribution >= 0.6 is 11.6 Å². The molecular formula is C17H15ClFNO2. The number of carbonyl (C=O) groups excluding carboxylic acids is 1. The van der Waals surface area contributed by atoms with Gasteiger partial charge in [0, 0.05) is 24.9 Å². The molecule has 5 heteroatoms. The molecule has 1 amide bonds. The van der Waals surface area contributed by atoms with E-state index in [9.17, 15) is 9.18 Å². The Labute approximate surface area is 133 Å². The molecule has 0 saturated heterocycles. The summed E-state index contributed by atoms with van der Waals surface area (Å²) in [5.41, 5.74) is 1.58. The van der Waals surface area contributed by atoms with Gasteiger partial charge in [-0.15, -0.1) is 0 Å². The molecule has 1 aliphatic rings. The average molecular weight is 320 g/mol. The number of hydrogen-bond donors (Lipinski definition) is 0. The van der Waals surface area contributed by atoms with E-state index < -0.39 is 11.7 Å². The molecule has 0 aliphatic carbocycles. The molecule has 0 spiro atoms. The van der Waals surface area contributed by atoms with Gasteiger partial charge >= 0.3 is 0 Å². The van der Waals surface area contributed by atoms with E-state index in [2.05, 4.69) is 0 Å². The van der Waals surface area contributed by atoms with Crippen molar-refractivity contribution >= 4 is 23.2 Å².